The second-order valence-corrected chi connectivity index (χ2v) is 9.15. The number of nitrogens with one attached hydrogen (secondary N) is 2. The lowest BCUT2D eigenvalue weighted by Crippen LogP contribution is -2.65. The molecule has 10 heteroatoms. The second kappa shape index (κ2) is 11.8. The van der Waals surface area contributed by atoms with Crippen LogP contribution in [-0.4, -0.2) is 87.0 Å². The van der Waals surface area contributed by atoms with E-state index in [1.54, 1.807) is 17.0 Å². The van der Waals surface area contributed by atoms with Crippen molar-refractivity contribution in [3.63, 3.8) is 0 Å². The minimum Gasteiger partial charge on any atom is -0.494 e. The fourth-order valence-corrected chi connectivity index (χ4v) is 5.09. The number of likely N-dealkylation sites (tertiary alicyclic amines) is 2. The number of ether oxygens (including phenoxy) is 1. The van der Waals surface area contributed by atoms with E-state index in [1.807, 2.05) is 0 Å². The van der Waals surface area contributed by atoms with Crippen LogP contribution >= 0.6 is 0 Å². The Morgan fingerprint density at radius 2 is 2.06 bits per heavy atom. The summed E-state index contributed by atoms with van der Waals surface area (Å²) in [5.41, 5.74) is 7.00. The zero-order valence-corrected chi connectivity index (χ0v) is 20.5. The Morgan fingerprint density at radius 3 is 2.79 bits per heavy atom. The summed E-state index contributed by atoms with van der Waals surface area (Å²) >= 11 is 0. The van der Waals surface area contributed by atoms with Crippen molar-refractivity contribution in [3.05, 3.63) is 24.0 Å². The van der Waals surface area contributed by atoms with Gasteiger partial charge >= 0.3 is 0 Å². The Balaban J connectivity index is 1.50. The Bertz CT molecular complexity index is 873. The summed E-state index contributed by atoms with van der Waals surface area (Å²) in [6.45, 7) is 9.00. The van der Waals surface area contributed by atoms with Gasteiger partial charge in [0.25, 0.3) is 0 Å². The maximum Gasteiger partial charge on any atom is 0.223 e. The molecule has 2 fully saturated rings. The third kappa shape index (κ3) is 5.97. The molecule has 4 N–H and O–H groups in total. The number of methoxy groups -OCH3 is 1. The quantitative estimate of drug-likeness (QED) is 0.502. The van der Waals surface area contributed by atoms with Crippen LogP contribution in [0, 0.1) is 5.82 Å². The number of rotatable bonds is 9. The van der Waals surface area contributed by atoms with Gasteiger partial charge in [-0.05, 0) is 64.0 Å². The van der Waals surface area contributed by atoms with E-state index in [0.29, 0.717) is 24.2 Å². The van der Waals surface area contributed by atoms with Gasteiger partial charge in [-0.3, -0.25) is 15.1 Å². The molecule has 34 heavy (non-hydrogen) atoms. The predicted molar refractivity (Wildman–Crippen MR) is 135 cm³/mol. The molecule has 0 bridgehead atoms. The summed E-state index contributed by atoms with van der Waals surface area (Å²) in [6, 6.07) is 5.27. The Morgan fingerprint density at radius 1 is 1.24 bits per heavy atom. The highest BCUT2D eigenvalue weighted by Gasteiger charge is 2.31. The summed E-state index contributed by atoms with van der Waals surface area (Å²) in [7, 11) is 1.45. The number of likely N-dealkylation sites (N-methyl/N-ethyl adjacent to an activating group) is 1. The predicted octanol–water partition coefficient (Wildman–Crippen LogP) is 1.76. The number of anilines is 1. The maximum absolute atomic E-state index is 14.5. The first-order chi connectivity index (χ1) is 16.6. The van der Waals surface area contributed by atoms with Crippen LogP contribution in [0.5, 0.6) is 5.75 Å². The average molecular weight is 475 g/mol. The van der Waals surface area contributed by atoms with E-state index in [0.717, 1.165) is 45.7 Å². The highest BCUT2D eigenvalue weighted by molar-refractivity contribution is 6.05. The molecule has 1 aromatic carbocycles. The van der Waals surface area contributed by atoms with Gasteiger partial charge in [-0.1, -0.05) is 13.3 Å². The number of benzene rings is 1. The molecule has 0 aliphatic carbocycles. The molecule has 9 nitrogen and oxygen atoms in total. The van der Waals surface area contributed by atoms with Crippen molar-refractivity contribution < 1.29 is 9.13 Å². The highest BCUT2D eigenvalue weighted by Crippen LogP contribution is 2.25. The lowest BCUT2D eigenvalue weighted by Gasteiger charge is -2.38. The molecule has 0 saturated carbocycles. The van der Waals surface area contributed by atoms with Gasteiger partial charge in [-0.15, -0.1) is 0 Å². The van der Waals surface area contributed by atoms with Crippen molar-refractivity contribution >= 4 is 17.6 Å². The van der Waals surface area contributed by atoms with Crippen LogP contribution in [0.25, 0.3) is 0 Å². The molecule has 2 atom stereocenters. The molecule has 3 heterocycles. The molecule has 0 radical (unpaired) electrons. The molecule has 3 aliphatic rings. The van der Waals surface area contributed by atoms with Gasteiger partial charge in [-0.25, -0.2) is 9.38 Å². The Labute approximate surface area is 202 Å². The summed E-state index contributed by atoms with van der Waals surface area (Å²) < 4.78 is 19.6. The smallest absolute Gasteiger partial charge is 0.223 e. The molecule has 188 valence electrons. The van der Waals surface area contributed by atoms with E-state index < -0.39 is 12.1 Å². The SMILES string of the molecule is CCN1CCCC1CNC1NC(=NCCN2CCCCC2)N=C(N)N1c1ccc(OC)c(F)c1. The van der Waals surface area contributed by atoms with Crippen LogP contribution in [0.1, 0.15) is 39.0 Å². The monoisotopic (exact) mass is 474 g/mol. The van der Waals surface area contributed by atoms with Crippen molar-refractivity contribution in [1.29, 1.82) is 0 Å². The van der Waals surface area contributed by atoms with Crippen molar-refractivity contribution in [2.75, 3.05) is 57.8 Å². The fraction of sp³-hybridized carbons (Fsp3) is 0.667. The number of nitrogens with two attached hydrogens (primary N) is 1. The van der Waals surface area contributed by atoms with Crippen molar-refractivity contribution in [1.82, 2.24) is 20.4 Å². The van der Waals surface area contributed by atoms with Crippen LogP contribution in [0.2, 0.25) is 0 Å². The molecule has 0 aromatic heterocycles. The number of aliphatic imine (C=N–C) groups is 2. The van der Waals surface area contributed by atoms with Gasteiger partial charge in [0.05, 0.1) is 19.3 Å². The number of hydrogen-bond donors (Lipinski definition) is 3. The van der Waals surface area contributed by atoms with E-state index in [4.69, 9.17) is 10.5 Å². The zero-order chi connectivity index (χ0) is 23.9. The minimum absolute atomic E-state index is 0.193. The Hall–Kier alpha value is -2.43. The number of guanidine groups is 2. The number of halogens is 1. The standard InChI is InChI=1S/C24H39FN8O/c1-3-32-14-7-8-19(32)17-28-24-30-23(27-11-15-31-12-5-4-6-13-31)29-22(26)33(24)18-9-10-21(34-2)20(25)16-18/h9-10,16,19,24,28H,3-8,11-15,17H2,1-2H3,(H3,26,27,29,30). The van der Waals surface area contributed by atoms with Crippen LogP contribution in [-0.2, 0) is 0 Å². The van der Waals surface area contributed by atoms with Gasteiger partial charge in [0.2, 0.25) is 11.9 Å². The van der Waals surface area contributed by atoms with Crippen molar-refractivity contribution in [2.24, 2.45) is 15.7 Å². The molecule has 3 aliphatic heterocycles. The van der Waals surface area contributed by atoms with Gasteiger partial charge in [0.1, 0.15) is 0 Å². The van der Waals surface area contributed by atoms with Crippen molar-refractivity contribution in [3.8, 4) is 5.75 Å². The van der Waals surface area contributed by atoms with Crippen molar-refractivity contribution in [2.45, 2.75) is 51.4 Å². The lowest BCUT2D eigenvalue weighted by molar-refractivity contribution is 0.235. The molecular weight excluding hydrogens is 435 g/mol. The fourth-order valence-electron chi connectivity index (χ4n) is 5.09. The van der Waals surface area contributed by atoms with Crippen LogP contribution < -0.4 is 26.0 Å². The van der Waals surface area contributed by atoms with Crippen LogP contribution in [0.15, 0.2) is 28.2 Å². The van der Waals surface area contributed by atoms with Gasteiger partial charge in [0.15, 0.2) is 17.9 Å². The first-order valence-corrected chi connectivity index (χ1v) is 12.6. The maximum atomic E-state index is 14.5. The third-order valence-electron chi connectivity index (χ3n) is 6.98. The van der Waals surface area contributed by atoms with Gasteiger partial charge in [-0.2, -0.15) is 4.99 Å². The Kier molecular flexibility index (Phi) is 8.58. The number of nitrogens with zero attached hydrogens (tertiary/aromatic N) is 5. The second-order valence-electron chi connectivity index (χ2n) is 9.15. The van der Waals surface area contributed by atoms with E-state index in [2.05, 4.69) is 37.3 Å². The molecule has 2 unspecified atom stereocenters. The summed E-state index contributed by atoms with van der Waals surface area (Å²) in [5, 5.41) is 6.97. The van der Waals surface area contributed by atoms with E-state index in [9.17, 15) is 4.39 Å². The molecular formula is C24H39FN8O. The highest BCUT2D eigenvalue weighted by atomic mass is 19.1. The topological polar surface area (TPSA) is 93.8 Å². The average Bonchev–Trinajstić information content (AvgIpc) is 3.31. The number of piperidine rings is 1. The molecule has 1 aromatic rings. The first kappa shape index (κ1) is 24.7. The van der Waals surface area contributed by atoms with Gasteiger partial charge < -0.3 is 20.7 Å². The van der Waals surface area contributed by atoms with Crippen LogP contribution in [0.4, 0.5) is 10.1 Å². The van der Waals surface area contributed by atoms with E-state index in [1.165, 1.54) is 38.9 Å². The van der Waals surface area contributed by atoms with E-state index >= 15 is 0 Å². The number of hydrogen-bond acceptors (Lipinski definition) is 7. The normalized spacial score (nSPS) is 25.4. The summed E-state index contributed by atoms with van der Waals surface area (Å²) in [5.74, 6) is 0.533. The first-order valence-electron chi connectivity index (χ1n) is 12.6. The molecule has 0 spiro atoms. The summed E-state index contributed by atoms with van der Waals surface area (Å²) in [4.78, 5) is 15.9. The van der Waals surface area contributed by atoms with Gasteiger partial charge in [0, 0.05) is 25.2 Å². The van der Waals surface area contributed by atoms with E-state index in [-0.39, 0.29) is 11.7 Å². The van der Waals surface area contributed by atoms with Crippen LogP contribution in [0.3, 0.4) is 0 Å². The molecule has 4 rings (SSSR count). The minimum atomic E-state index is -0.444. The zero-order valence-electron chi connectivity index (χ0n) is 20.5. The summed E-state index contributed by atoms with van der Waals surface area (Å²) in [6.07, 6.45) is 5.81. The lowest BCUT2D eigenvalue weighted by atomic mass is 10.1. The molecule has 2 saturated heterocycles. The molecule has 0 amide bonds. The third-order valence-corrected chi connectivity index (χ3v) is 6.98. The largest absolute Gasteiger partial charge is 0.494 e.